The zero-order valence-corrected chi connectivity index (χ0v) is 67.3. The first kappa shape index (κ1) is 103. The Balaban J connectivity index is 3.42. The first-order valence-corrected chi connectivity index (χ1v) is 36.1. The summed E-state index contributed by atoms with van der Waals surface area (Å²) < 4.78 is 67.1. The summed E-state index contributed by atoms with van der Waals surface area (Å²) in [6, 6.07) is 11.2. The predicted octanol–water partition coefficient (Wildman–Crippen LogP) is -4.12. The monoisotopic (exact) mass is 1670 g/mol. The molecule has 2 unspecified atom stereocenters. The van der Waals surface area contributed by atoms with Gasteiger partial charge in [0.1, 0.15) is 150 Å². The second kappa shape index (κ2) is 43.7. The van der Waals surface area contributed by atoms with Gasteiger partial charge in [0.2, 0.25) is 0 Å². The number of rotatable bonds is 54. The van der Waals surface area contributed by atoms with Crippen LogP contribution >= 0.6 is 0 Å². The van der Waals surface area contributed by atoms with Crippen LogP contribution in [0.1, 0.15) is 99.9 Å². The molecule has 658 valence electrons. The van der Waals surface area contributed by atoms with E-state index in [1.165, 1.54) is 12.1 Å². The highest BCUT2D eigenvalue weighted by atomic mass is 16.6. The molecule has 0 saturated heterocycles. The Morgan fingerprint density at radius 3 is 0.655 bits per heavy atom. The van der Waals surface area contributed by atoms with Gasteiger partial charge in [-0.2, -0.15) is 0 Å². The minimum absolute atomic E-state index is 0.00821. The number of hydrogen-bond acceptors (Lipinski definition) is 40. The quantitative estimate of drug-likeness (QED) is 0.0221. The molecule has 0 heterocycles. The van der Waals surface area contributed by atoms with Crippen LogP contribution in [0.25, 0.3) is 10.8 Å². The molecule has 0 bridgehead atoms. The van der Waals surface area contributed by atoms with Crippen LogP contribution in [0.4, 0.5) is 0 Å². The second-order valence-corrected chi connectivity index (χ2v) is 32.6. The van der Waals surface area contributed by atoms with Crippen LogP contribution in [-0.2, 0) is 114 Å². The molecule has 0 aliphatic heterocycles. The third-order valence-corrected chi connectivity index (χ3v) is 20.1. The molecule has 2 rings (SSSR count). The molecule has 0 aliphatic carbocycles. The van der Waals surface area contributed by atoms with Crippen LogP contribution in [0.3, 0.4) is 0 Å². The number of esters is 12. The average Bonchev–Trinajstić information content (AvgIpc) is 0.802. The fraction of sp³-hybridized carbons (Fsp3) is 0.697. The largest absolute Gasteiger partial charge is 0.464 e. The molecule has 0 amide bonds. The van der Waals surface area contributed by atoms with Gasteiger partial charge in [0.25, 0.3) is 0 Å². The lowest BCUT2D eigenvalue weighted by atomic mass is 9.76. The Morgan fingerprint density at radius 1 is 0.224 bits per heavy atom. The molecule has 2 atom stereocenters. The van der Waals surface area contributed by atoms with E-state index in [1.54, 1.807) is 30.3 Å². The molecule has 0 saturated carbocycles. The van der Waals surface area contributed by atoms with Crippen molar-refractivity contribution in [3.63, 3.8) is 0 Å². The first-order chi connectivity index (χ1) is 53.9. The van der Waals surface area contributed by atoms with Crippen molar-refractivity contribution in [3.8, 4) is 0 Å². The number of ether oxygens (including phenoxy) is 12. The number of aliphatic hydroxyl groups is 15. The van der Waals surface area contributed by atoms with Crippen LogP contribution in [-0.4, -0.2) is 332 Å². The summed E-state index contributed by atoms with van der Waals surface area (Å²) in [6.45, 7) is -20.9. The number of fused-ring (bicyclic) bond motifs is 1. The first-order valence-electron chi connectivity index (χ1n) is 36.1. The molecule has 116 heavy (non-hydrogen) atoms. The van der Waals surface area contributed by atoms with Gasteiger partial charge < -0.3 is 133 Å². The minimum atomic E-state index is -2.92. The molecule has 0 spiro atoms. The zero-order chi connectivity index (χ0) is 89.0. The Bertz CT molecular complexity index is 3330. The fourth-order valence-electron chi connectivity index (χ4n) is 9.02. The molecular weight excluding hydrogens is 1550 g/mol. The van der Waals surface area contributed by atoms with Crippen LogP contribution in [0.15, 0.2) is 42.5 Å². The Hall–Kier alpha value is -8.59. The van der Waals surface area contributed by atoms with Crippen LogP contribution in [0.5, 0.6) is 0 Å². The maximum Gasteiger partial charge on any atom is 0.338 e. The van der Waals surface area contributed by atoms with Crippen molar-refractivity contribution < 1.29 is 196 Å². The van der Waals surface area contributed by atoms with Crippen molar-refractivity contribution >= 4 is 88.2 Å². The lowest BCUT2D eigenvalue weighted by Crippen LogP contribution is -2.51. The molecule has 0 aliphatic rings. The number of carbonyl (C=O) groups excluding carboxylic acids is 13. The number of aliphatic hydroxyl groups excluding tert-OH is 15. The predicted molar refractivity (Wildman–Crippen MR) is 390 cm³/mol. The van der Waals surface area contributed by atoms with Crippen molar-refractivity contribution in [1.29, 1.82) is 0 Å². The van der Waals surface area contributed by atoms with Crippen molar-refractivity contribution in [1.82, 2.24) is 0 Å². The van der Waals surface area contributed by atoms with Gasteiger partial charge in [-0.25, -0.2) is 4.79 Å². The van der Waals surface area contributed by atoms with Gasteiger partial charge in [0.05, 0.1) is 110 Å². The van der Waals surface area contributed by atoms with Gasteiger partial charge in [-0.05, 0) is 99.9 Å². The number of Topliss-reactive ketones (excluding diaryl/α,β-unsaturated/α-hetero) is 1. The van der Waals surface area contributed by atoms with E-state index in [0.717, 1.165) is 83.1 Å². The number of ketones is 1. The smallest absolute Gasteiger partial charge is 0.338 e. The van der Waals surface area contributed by atoms with E-state index in [2.05, 4.69) is 0 Å². The SMILES string of the molecule is CC(CO)(COC(=O)c1cccc2ccccc12)C(=O)CC(C)(COC(=O)C(C)(CO)CO)C(=O)OCC(COC(=O)C(C)(COC(=O)C(C)(CO)CO)COC(=O)C(C)(CO)CO)(COC(=O)C(C)(COC(=O)C(C)(CO)CO)COC(=O)C(C)(CO)CO)COC(=O)C(C)(COC(=O)C(C)(CO)CO)COC(=O)C(C)(CO)CO. The highest BCUT2D eigenvalue weighted by Crippen LogP contribution is 2.37. The third kappa shape index (κ3) is 26.0. The maximum absolute atomic E-state index is 15.6. The zero-order valence-electron chi connectivity index (χ0n) is 67.3. The highest BCUT2D eigenvalue weighted by Gasteiger charge is 2.53. The highest BCUT2D eigenvalue weighted by molar-refractivity contribution is 6.04. The Labute approximate surface area is 668 Å². The van der Waals surface area contributed by atoms with E-state index in [4.69, 9.17) is 56.8 Å². The van der Waals surface area contributed by atoms with E-state index in [-0.39, 0.29) is 5.56 Å². The van der Waals surface area contributed by atoms with Gasteiger partial charge in [0, 0.05) is 6.42 Å². The maximum atomic E-state index is 15.6. The van der Waals surface area contributed by atoms with E-state index in [0.29, 0.717) is 10.8 Å². The van der Waals surface area contributed by atoms with Crippen LogP contribution < -0.4 is 0 Å². The summed E-state index contributed by atoms with van der Waals surface area (Å²) in [5.41, 5.74) is -30.6. The summed E-state index contributed by atoms with van der Waals surface area (Å²) in [4.78, 5) is 185. The third-order valence-electron chi connectivity index (χ3n) is 20.1. The fourth-order valence-corrected chi connectivity index (χ4v) is 9.02. The van der Waals surface area contributed by atoms with Crippen LogP contribution in [0, 0.1) is 70.4 Å². The number of hydrogen-bond donors (Lipinski definition) is 15. The van der Waals surface area contributed by atoms with Gasteiger partial charge in [-0.15, -0.1) is 0 Å². The van der Waals surface area contributed by atoms with Gasteiger partial charge in [-0.3, -0.25) is 57.5 Å². The molecule has 2 aromatic rings. The molecule has 15 N–H and O–H groups in total. The Morgan fingerprint density at radius 2 is 0.414 bits per heavy atom. The molecule has 2 aromatic carbocycles. The van der Waals surface area contributed by atoms with Crippen LogP contribution in [0.2, 0.25) is 0 Å². The second-order valence-electron chi connectivity index (χ2n) is 32.6. The van der Waals surface area contributed by atoms with E-state index >= 15 is 19.2 Å². The van der Waals surface area contributed by atoms with Gasteiger partial charge in [-0.1, -0.05) is 36.4 Å². The summed E-state index contributed by atoms with van der Waals surface area (Å²) >= 11 is 0. The van der Waals surface area contributed by atoms with Gasteiger partial charge in [0.15, 0.2) is 0 Å². The lowest BCUT2D eigenvalue weighted by molar-refractivity contribution is -0.191. The minimum Gasteiger partial charge on any atom is -0.464 e. The van der Waals surface area contributed by atoms with Crippen molar-refractivity contribution in [2.45, 2.75) is 89.5 Å². The van der Waals surface area contributed by atoms with Crippen molar-refractivity contribution in [3.05, 3.63) is 48.0 Å². The van der Waals surface area contributed by atoms with E-state index in [1.807, 2.05) is 0 Å². The van der Waals surface area contributed by atoms with Gasteiger partial charge >= 0.3 is 71.6 Å². The van der Waals surface area contributed by atoms with E-state index in [9.17, 15) is 120 Å². The Kier molecular flexibility index (Phi) is 39.0. The summed E-state index contributed by atoms with van der Waals surface area (Å²) in [7, 11) is 0. The molecule has 0 radical (unpaired) electrons. The molecular formula is C76H114O40. The van der Waals surface area contributed by atoms with Crippen molar-refractivity contribution in [2.75, 3.05) is 178 Å². The topological polar surface area (TPSA) is 636 Å². The standard InChI is InChI=1S/C76H114O40/c1-64(36-106-54(95)65(2,21-77)22-78,20-51(92)72(9,35-91)37-105-52(93)50-19-15-17-48-16-13-14-18-49(48)50)53(94)113-44-76(45-114-61(102)73(10,38-107-55(96)66(3,23-79)24-80)39-108-56(97)67(4,25-81)26-82,46-115-62(103)74(11,40-109-57(98)68(5,27-83)28-84)41-110-58(99)69(6,29-85)30-86)47-116-63(104)75(12,42-111-59(100)70(7,31-87)32-88)43-112-60(101)71(8,33-89)34-90/h13-19,77-91H,20-47H2,1-12H3. The van der Waals surface area contributed by atoms with Crippen molar-refractivity contribution in [2.24, 2.45) is 70.4 Å². The lowest BCUT2D eigenvalue weighted by Gasteiger charge is -2.37. The summed E-state index contributed by atoms with van der Waals surface area (Å²) in [5, 5.41) is 154. The summed E-state index contributed by atoms with van der Waals surface area (Å²) in [6.07, 6.45) is -1.23. The normalized spacial score (nSPS) is 13.8. The van der Waals surface area contributed by atoms with E-state index < -0.39 is 333 Å². The average molecular weight is 1670 g/mol. The number of carbonyl (C=O) groups is 13. The summed E-state index contributed by atoms with van der Waals surface area (Å²) in [5.74, 6) is -18.9. The molecule has 0 aromatic heterocycles. The molecule has 40 nitrogen and oxygen atoms in total. The molecule has 0 fully saturated rings. The number of benzene rings is 2. The molecule has 40 heteroatoms.